The minimum absolute atomic E-state index is 0.0289. The third-order valence-corrected chi connectivity index (χ3v) is 7.31. The molecule has 49 heavy (non-hydrogen) atoms. The van der Waals surface area contributed by atoms with Gasteiger partial charge in [-0.2, -0.15) is 0 Å². The third kappa shape index (κ3) is 14.3. The van der Waals surface area contributed by atoms with Gasteiger partial charge in [-0.1, -0.05) is 56.3 Å². The van der Waals surface area contributed by atoms with Crippen molar-refractivity contribution in [3.8, 4) is 5.75 Å². The van der Waals surface area contributed by atoms with E-state index >= 15 is 0 Å². The highest BCUT2D eigenvalue weighted by atomic mass is 16.6. The van der Waals surface area contributed by atoms with Crippen molar-refractivity contribution in [1.82, 2.24) is 26.2 Å². The highest BCUT2D eigenvalue weighted by Crippen LogP contribution is 2.15. The summed E-state index contributed by atoms with van der Waals surface area (Å²) in [5.74, 6) is -3.14. The first-order chi connectivity index (χ1) is 22.9. The number of aromatic hydroxyl groups is 1. The summed E-state index contributed by atoms with van der Waals surface area (Å²) >= 11 is 0. The molecule has 0 aromatic heterocycles. The first-order valence-electron chi connectivity index (χ1n) is 16.1. The summed E-state index contributed by atoms with van der Waals surface area (Å²) in [5.41, 5.74) is 6.16. The Morgan fingerprint density at radius 1 is 0.816 bits per heavy atom. The first kappa shape index (κ1) is 40.0. The number of carbonyl (C=O) groups is 6. The molecule has 0 fully saturated rings. The Labute approximate surface area is 287 Å². The van der Waals surface area contributed by atoms with E-state index in [0.717, 1.165) is 5.56 Å². The quantitative estimate of drug-likeness (QED) is 0.153. The summed E-state index contributed by atoms with van der Waals surface area (Å²) in [6, 6.07) is 10.8. The second-order valence-electron chi connectivity index (χ2n) is 13.3. The largest absolute Gasteiger partial charge is 0.508 e. The zero-order chi connectivity index (χ0) is 36.9. The molecule has 0 aliphatic rings. The number of hydrogen-bond acceptors (Lipinski definition) is 8. The van der Waals surface area contributed by atoms with Crippen LogP contribution in [0.25, 0.3) is 0 Å². The van der Waals surface area contributed by atoms with Gasteiger partial charge in [-0.15, -0.1) is 0 Å². The lowest BCUT2D eigenvalue weighted by Crippen LogP contribution is -2.56. The number of amides is 6. The van der Waals surface area contributed by atoms with Gasteiger partial charge in [0.1, 0.15) is 35.5 Å². The number of nitrogens with zero attached hydrogens (tertiary/aromatic N) is 1. The summed E-state index contributed by atoms with van der Waals surface area (Å²) in [6.07, 6.45) is -0.346. The van der Waals surface area contributed by atoms with Gasteiger partial charge in [-0.25, -0.2) is 4.79 Å². The van der Waals surface area contributed by atoms with E-state index in [1.807, 2.05) is 19.9 Å². The minimum atomic E-state index is -1.14. The van der Waals surface area contributed by atoms with Gasteiger partial charge in [0.05, 0.1) is 6.54 Å². The Bertz CT molecular complexity index is 1440. The molecule has 2 aromatic rings. The van der Waals surface area contributed by atoms with Crippen molar-refractivity contribution < 1.29 is 38.6 Å². The molecule has 14 heteroatoms. The van der Waals surface area contributed by atoms with Crippen LogP contribution in [-0.4, -0.2) is 89.0 Å². The van der Waals surface area contributed by atoms with Gasteiger partial charge in [0, 0.05) is 19.9 Å². The van der Waals surface area contributed by atoms with Crippen molar-refractivity contribution in [2.75, 3.05) is 13.6 Å². The molecule has 268 valence electrons. The second kappa shape index (κ2) is 18.4. The number of rotatable bonds is 16. The molecule has 0 radical (unpaired) electrons. The van der Waals surface area contributed by atoms with E-state index in [1.165, 1.54) is 31.0 Å². The fraction of sp³-hybridized carbons (Fsp3) is 0.486. The zero-order valence-electron chi connectivity index (χ0n) is 29.2. The summed E-state index contributed by atoms with van der Waals surface area (Å²) in [5, 5.41) is 19.8. The standard InChI is InChI=1S/C35H50N6O8/c1-21(2)17-28(30(36)44)41(7)33(47)27(19-23-11-9-8-10-12-23)39-29(43)20-37-31(45)22(3)38-32(46)26(40-34(48)49-35(4,5)6)18-24-13-15-25(42)16-14-24/h8-16,21-22,26-28,42H,17-20H2,1-7H3,(H2,36,44)(H,37,45)(H,38,46)(H,39,43)(H,40,48)/t22-,26+,27+,28+/m1/s1. The smallest absolute Gasteiger partial charge is 0.408 e. The third-order valence-electron chi connectivity index (χ3n) is 7.31. The van der Waals surface area contributed by atoms with Crippen LogP contribution in [0.5, 0.6) is 5.75 Å². The normalized spacial score (nSPS) is 13.6. The molecule has 0 heterocycles. The number of phenols is 1. The fourth-order valence-electron chi connectivity index (χ4n) is 4.83. The molecule has 2 rings (SSSR count). The van der Waals surface area contributed by atoms with Crippen molar-refractivity contribution in [3.63, 3.8) is 0 Å². The predicted octanol–water partition coefficient (Wildman–Crippen LogP) is 1.53. The molecule has 0 aliphatic carbocycles. The summed E-state index contributed by atoms with van der Waals surface area (Å²) in [6.45, 7) is 9.71. The van der Waals surface area contributed by atoms with Crippen LogP contribution in [0.2, 0.25) is 0 Å². The second-order valence-corrected chi connectivity index (χ2v) is 13.3. The molecule has 0 saturated heterocycles. The Hall–Kier alpha value is -5.14. The highest BCUT2D eigenvalue weighted by molar-refractivity contribution is 5.95. The number of nitrogens with one attached hydrogen (secondary N) is 4. The van der Waals surface area contributed by atoms with Crippen LogP contribution >= 0.6 is 0 Å². The Kier molecular flexibility index (Phi) is 15.0. The van der Waals surface area contributed by atoms with E-state index in [1.54, 1.807) is 57.2 Å². The maximum absolute atomic E-state index is 13.6. The van der Waals surface area contributed by atoms with E-state index in [-0.39, 0.29) is 24.5 Å². The van der Waals surface area contributed by atoms with E-state index in [2.05, 4.69) is 21.3 Å². The van der Waals surface area contributed by atoms with Crippen LogP contribution in [0, 0.1) is 5.92 Å². The zero-order valence-corrected chi connectivity index (χ0v) is 29.2. The van der Waals surface area contributed by atoms with Crippen molar-refractivity contribution in [2.45, 2.75) is 90.6 Å². The number of primary amides is 1. The van der Waals surface area contributed by atoms with Crippen LogP contribution in [-0.2, 0) is 41.6 Å². The first-order valence-corrected chi connectivity index (χ1v) is 16.1. The number of ether oxygens (including phenoxy) is 1. The van der Waals surface area contributed by atoms with Crippen LogP contribution in [0.15, 0.2) is 54.6 Å². The number of likely N-dealkylation sites (N-methyl/N-ethyl adjacent to an activating group) is 1. The number of carbonyl (C=O) groups excluding carboxylic acids is 6. The number of hydrogen-bond donors (Lipinski definition) is 6. The lowest BCUT2D eigenvalue weighted by atomic mass is 10.00. The Morgan fingerprint density at radius 2 is 1.39 bits per heavy atom. The lowest BCUT2D eigenvalue weighted by Gasteiger charge is -2.31. The molecule has 2 aromatic carbocycles. The Balaban J connectivity index is 2.09. The van der Waals surface area contributed by atoms with Gasteiger partial charge in [-0.05, 0) is 63.3 Å². The number of phenolic OH excluding ortho intramolecular Hbond substituents is 1. The molecule has 0 unspecified atom stereocenters. The topological polar surface area (TPSA) is 209 Å². The number of nitrogens with two attached hydrogens (primary N) is 1. The molecule has 0 aliphatic heterocycles. The Morgan fingerprint density at radius 3 is 1.94 bits per heavy atom. The van der Waals surface area contributed by atoms with E-state index in [4.69, 9.17) is 10.5 Å². The monoisotopic (exact) mass is 682 g/mol. The maximum Gasteiger partial charge on any atom is 0.408 e. The average molecular weight is 683 g/mol. The van der Waals surface area contributed by atoms with Crippen LogP contribution in [0.1, 0.15) is 59.1 Å². The van der Waals surface area contributed by atoms with Crippen LogP contribution in [0.3, 0.4) is 0 Å². The molecule has 7 N–H and O–H groups in total. The minimum Gasteiger partial charge on any atom is -0.508 e. The molecular weight excluding hydrogens is 632 g/mol. The van der Waals surface area contributed by atoms with Crippen molar-refractivity contribution >= 4 is 35.6 Å². The van der Waals surface area contributed by atoms with Crippen molar-refractivity contribution in [1.29, 1.82) is 0 Å². The van der Waals surface area contributed by atoms with Crippen molar-refractivity contribution in [3.05, 3.63) is 65.7 Å². The fourth-order valence-corrected chi connectivity index (χ4v) is 4.83. The molecule has 0 spiro atoms. The van der Waals surface area contributed by atoms with Crippen LogP contribution in [0.4, 0.5) is 4.79 Å². The average Bonchev–Trinajstić information content (AvgIpc) is 3.01. The SMILES string of the molecule is CC(C)C[C@@H](C(N)=O)N(C)C(=O)[C@H](Cc1ccccc1)NC(=O)CNC(=O)[C@@H](C)NC(=O)[C@H](Cc1ccc(O)cc1)NC(=O)OC(C)(C)C. The van der Waals surface area contributed by atoms with Gasteiger partial charge in [-0.3, -0.25) is 24.0 Å². The number of benzene rings is 2. The van der Waals surface area contributed by atoms with Gasteiger partial charge in [0.2, 0.25) is 29.5 Å². The maximum atomic E-state index is 13.6. The lowest BCUT2D eigenvalue weighted by molar-refractivity contribution is -0.141. The van der Waals surface area contributed by atoms with Gasteiger partial charge in [0.25, 0.3) is 0 Å². The summed E-state index contributed by atoms with van der Waals surface area (Å²) in [4.78, 5) is 78.7. The van der Waals surface area contributed by atoms with Crippen molar-refractivity contribution in [2.24, 2.45) is 11.7 Å². The molecule has 0 saturated carbocycles. The highest BCUT2D eigenvalue weighted by Gasteiger charge is 2.32. The molecule has 0 bridgehead atoms. The van der Waals surface area contributed by atoms with Gasteiger partial charge in [0.15, 0.2) is 0 Å². The van der Waals surface area contributed by atoms with Crippen LogP contribution < -0.4 is 27.0 Å². The van der Waals surface area contributed by atoms with Gasteiger partial charge >= 0.3 is 6.09 Å². The molecule has 4 atom stereocenters. The van der Waals surface area contributed by atoms with E-state index in [9.17, 15) is 33.9 Å². The summed E-state index contributed by atoms with van der Waals surface area (Å²) in [7, 11) is 1.46. The predicted molar refractivity (Wildman–Crippen MR) is 183 cm³/mol. The number of alkyl carbamates (subject to hydrolysis) is 1. The van der Waals surface area contributed by atoms with E-state index in [0.29, 0.717) is 12.0 Å². The molecule has 14 nitrogen and oxygen atoms in total. The van der Waals surface area contributed by atoms with E-state index < -0.39 is 71.9 Å². The molecule has 6 amide bonds. The molecular formula is C35H50N6O8. The van der Waals surface area contributed by atoms with Gasteiger partial charge < -0.3 is 41.7 Å². The summed E-state index contributed by atoms with van der Waals surface area (Å²) < 4.78 is 5.29.